The van der Waals surface area contributed by atoms with Crippen molar-refractivity contribution in [2.45, 2.75) is 38.5 Å². The lowest BCUT2D eigenvalue weighted by Crippen LogP contribution is -2.14. The maximum Gasteiger partial charge on any atom is 0.160 e. The Morgan fingerprint density at radius 2 is 0.797 bits per heavy atom. The van der Waals surface area contributed by atoms with Gasteiger partial charge in [-0.15, -0.1) is 0 Å². The standard InChI is InChI=1S/C62H46N2/c1-61(2)53-27-14-13-25-50(53)51-30-29-44(37-55(51)61)46-32-47(49-26-16-28-54-59(49)52-35-42-21-11-12-22-43(42)36-56(52)62(54,3)4)34-48(33-46)58-38-57(63-60(64-58)40-19-9-6-10-20-40)45-24-15-23-41(31-45)39-17-7-5-8-18-39/h5-38H,1-4H3. The van der Waals surface area contributed by atoms with Crippen molar-refractivity contribution in [3.8, 4) is 89.5 Å². The SMILES string of the molecule is CC1(C)c2ccccc2-c2ccc(-c3cc(-c4cc(-c5cccc(-c6ccccc6)c5)nc(-c5ccccc5)n4)cc(-c4cccc5c4-c4cc6ccccc6cc4C5(C)C)c3)cc21. The lowest BCUT2D eigenvalue weighted by atomic mass is 9.81. The molecule has 2 aliphatic carbocycles. The second-order valence-electron chi connectivity index (χ2n) is 18.6. The van der Waals surface area contributed by atoms with E-state index in [1.807, 2.05) is 6.07 Å². The second kappa shape index (κ2) is 14.4. The summed E-state index contributed by atoms with van der Waals surface area (Å²) in [6, 6.07) is 75.4. The van der Waals surface area contributed by atoms with Crippen LogP contribution in [0, 0.1) is 0 Å². The highest BCUT2D eigenvalue weighted by atomic mass is 14.9. The van der Waals surface area contributed by atoms with E-state index in [1.165, 1.54) is 72.0 Å². The van der Waals surface area contributed by atoms with Crippen LogP contribution in [0.3, 0.4) is 0 Å². The molecular weight excluding hydrogens is 773 g/mol. The number of rotatable bonds is 6. The lowest BCUT2D eigenvalue weighted by Gasteiger charge is -2.22. The average molecular weight is 819 g/mol. The van der Waals surface area contributed by atoms with E-state index in [9.17, 15) is 0 Å². The Morgan fingerprint density at radius 3 is 1.59 bits per heavy atom. The number of benzene rings is 9. The predicted molar refractivity (Wildman–Crippen MR) is 267 cm³/mol. The zero-order valence-electron chi connectivity index (χ0n) is 36.5. The third-order valence-corrected chi connectivity index (χ3v) is 14.0. The molecule has 10 aromatic rings. The van der Waals surface area contributed by atoms with Gasteiger partial charge in [-0.25, -0.2) is 9.97 Å². The van der Waals surface area contributed by atoms with E-state index in [0.717, 1.165) is 44.8 Å². The molecule has 2 heteroatoms. The van der Waals surface area contributed by atoms with Gasteiger partial charge in [-0.1, -0.05) is 185 Å². The van der Waals surface area contributed by atoms with Crippen molar-refractivity contribution in [3.63, 3.8) is 0 Å². The molecule has 2 aliphatic rings. The summed E-state index contributed by atoms with van der Waals surface area (Å²) in [4.78, 5) is 10.7. The summed E-state index contributed by atoms with van der Waals surface area (Å²) in [5, 5.41) is 2.53. The molecule has 0 aliphatic heterocycles. The van der Waals surface area contributed by atoms with E-state index in [2.05, 4.69) is 228 Å². The predicted octanol–water partition coefficient (Wildman–Crippen LogP) is 16.2. The molecule has 0 bridgehead atoms. The van der Waals surface area contributed by atoms with Crippen molar-refractivity contribution in [2.75, 3.05) is 0 Å². The number of nitrogens with zero attached hydrogens (tertiary/aromatic N) is 2. The molecule has 0 saturated heterocycles. The quantitative estimate of drug-likeness (QED) is 0.167. The van der Waals surface area contributed by atoms with Crippen LogP contribution in [-0.2, 0) is 10.8 Å². The van der Waals surface area contributed by atoms with Crippen molar-refractivity contribution in [1.82, 2.24) is 9.97 Å². The number of hydrogen-bond donors (Lipinski definition) is 0. The van der Waals surface area contributed by atoms with Gasteiger partial charge in [0.05, 0.1) is 11.4 Å². The molecule has 0 fully saturated rings. The highest BCUT2D eigenvalue weighted by Crippen LogP contribution is 2.54. The summed E-state index contributed by atoms with van der Waals surface area (Å²) in [5.74, 6) is 0.699. The monoisotopic (exact) mass is 818 g/mol. The fourth-order valence-electron chi connectivity index (χ4n) is 10.6. The minimum Gasteiger partial charge on any atom is -0.228 e. The second-order valence-corrected chi connectivity index (χ2v) is 18.6. The molecule has 304 valence electrons. The lowest BCUT2D eigenvalue weighted by molar-refractivity contribution is 0.660. The van der Waals surface area contributed by atoms with Gasteiger partial charge in [0.25, 0.3) is 0 Å². The van der Waals surface area contributed by atoms with Crippen LogP contribution in [0.2, 0.25) is 0 Å². The van der Waals surface area contributed by atoms with E-state index in [1.54, 1.807) is 0 Å². The molecule has 64 heavy (non-hydrogen) atoms. The largest absolute Gasteiger partial charge is 0.228 e. The molecule has 1 heterocycles. The van der Waals surface area contributed by atoms with E-state index < -0.39 is 0 Å². The van der Waals surface area contributed by atoms with Crippen LogP contribution in [0.4, 0.5) is 0 Å². The van der Waals surface area contributed by atoms with Gasteiger partial charge in [-0.2, -0.15) is 0 Å². The van der Waals surface area contributed by atoms with Crippen molar-refractivity contribution < 1.29 is 0 Å². The van der Waals surface area contributed by atoms with Gasteiger partial charge in [0.2, 0.25) is 0 Å². The van der Waals surface area contributed by atoms with Crippen LogP contribution in [-0.4, -0.2) is 9.97 Å². The number of aromatic nitrogens is 2. The summed E-state index contributed by atoms with van der Waals surface area (Å²) < 4.78 is 0. The summed E-state index contributed by atoms with van der Waals surface area (Å²) in [5.41, 5.74) is 22.3. The minimum atomic E-state index is -0.161. The Labute approximate surface area is 375 Å². The molecule has 2 nitrogen and oxygen atoms in total. The summed E-state index contributed by atoms with van der Waals surface area (Å²) >= 11 is 0. The molecular formula is C62H46N2. The van der Waals surface area contributed by atoms with Gasteiger partial charge in [-0.05, 0) is 137 Å². The number of fused-ring (bicyclic) bond motifs is 7. The van der Waals surface area contributed by atoms with Gasteiger partial charge >= 0.3 is 0 Å². The smallest absolute Gasteiger partial charge is 0.160 e. The maximum atomic E-state index is 5.41. The van der Waals surface area contributed by atoms with Crippen LogP contribution < -0.4 is 0 Å². The highest BCUT2D eigenvalue weighted by Gasteiger charge is 2.38. The zero-order chi connectivity index (χ0) is 43.2. The van der Waals surface area contributed by atoms with E-state index in [-0.39, 0.29) is 10.8 Å². The van der Waals surface area contributed by atoms with Crippen molar-refractivity contribution >= 4 is 10.8 Å². The van der Waals surface area contributed by atoms with Crippen LogP contribution in [0.1, 0.15) is 49.9 Å². The average Bonchev–Trinajstić information content (AvgIpc) is 3.72. The molecule has 0 N–H and O–H groups in total. The first-order valence-corrected chi connectivity index (χ1v) is 22.4. The third kappa shape index (κ3) is 6.08. The number of hydrogen-bond acceptors (Lipinski definition) is 2. The molecule has 0 saturated carbocycles. The molecule has 9 aromatic carbocycles. The first-order valence-electron chi connectivity index (χ1n) is 22.4. The maximum absolute atomic E-state index is 5.41. The molecule has 0 amide bonds. The van der Waals surface area contributed by atoms with Gasteiger partial charge < -0.3 is 0 Å². The van der Waals surface area contributed by atoms with Crippen LogP contribution in [0.25, 0.3) is 100 Å². The van der Waals surface area contributed by atoms with Crippen LogP contribution in [0.15, 0.2) is 206 Å². The molecule has 0 radical (unpaired) electrons. The van der Waals surface area contributed by atoms with Gasteiger partial charge in [-0.3, -0.25) is 0 Å². The zero-order valence-corrected chi connectivity index (χ0v) is 36.5. The van der Waals surface area contributed by atoms with Gasteiger partial charge in [0.15, 0.2) is 5.82 Å². The Hall–Kier alpha value is -7.68. The summed E-state index contributed by atoms with van der Waals surface area (Å²) in [6.45, 7) is 9.48. The van der Waals surface area contributed by atoms with Crippen molar-refractivity contribution in [3.05, 3.63) is 229 Å². The Bertz CT molecular complexity index is 3490. The van der Waals surface area contributed by atoms with Crippen LogP contribution >= 0.6 is 0 Å². The highest BCUT2D eigenvalue weighted by molar-refractivity contribution is 5.99. The topological polar surface area (TPSA) is 25.8 Å². The molecule has 1 aromatic heterocycles. The molecule has 12 rings (SSSR count). The molecule has 0 spiro atoms. The first kappa shape index (κ1) is 38.0. The molecule has 0 unspecified atom stereocenters. The first-order chi connectivity index (χ1) is 31.2. The Balaban J connectivity index is 1.10. The van der Waals surface area contributed by atoms with E-state index >= 15 is 0 Å². The van der Waals surface area contributed by atoms with Crippen molar-refractivity contribution in [1.29, 1.82) is 0 Å². The fraction of sp³-hybridized carbons (Fsp3) is 0.0968. The summed E-state index contributed by atoms with van der Waals surface area (Å²) in [7, 11) is 0. The Kier molecular flexibility index (Phi) is 8.58. The van der Waals surface area contributed by atoms with Gasteiger partial charge in [0.1, 0.15) is 0 Å². The van der Waals surface area contributed by atoms with E-state index in [4.69, 9.17) is 9.97 Å². The summed E-state index contributed by atoms with van der Waals surface area (Å²) in [6.07, 6.45) is 0. The Morgan fingerprint density at radius 1 is 0.281 bits per heavy atom. The molecule has 0 atom stereocenters. The van der Waals surface area contributed by atoms with Crippen LogP contribution in [0.5, 0.6) is 0 Å². The minimum absolute atomic E-state index is 0.124. The van der Waals surface area contributed by atoms with Gasteiger partial charge in [0, 0.05) is 27.5 Å². The fourth-order valence-corrected chi connectivity index (χ4v) is 10.6. The van der Waals surface area contributed by atoms with E-state index in [0.29, 0.717) is 5.82 Å². The third-order valence-electron chi connectivity index (χ3n) is 14.0. The normalized spacial score (nSPS) is 13.9. The van der Waals surface area contributed by atoms with Crippen molar-refractivity contribution in [2.24, 2.45) is 0 Å².